The van der Waals surface area contributed by atoms with Gasteiger partial charge in [-0.1, -0.05) is 48.5 Å². The lowest BCUT2D eigenvalue weighted by atomic mass is 9.97. The largest absolute Gasteiger partial charge is 0.397 e. The second-order valence-electron chi connectivity index (χ2n) is 4.59. The van der Waals surface area contributed by atoms with Crippen LogP contribution in [-0.4, -0.2) is 4.98 Å². The zero-order chi connectivity index (χ0) is 13.4. The molecule has 0 unspecified atom stereocenters. The standard InChI is InChI=1S/C16H15N3/c1-10-15(17)14-12(11-6-3-2-4-7-11)8-5-9-13(14)16(18)19-10/h2-9H,17H2,1H3,(H2,18,19). The van der Waals surface area contributed by atoms with Gasteiger partial charge in [0, 0.05) is 10.8 Å². The van der Waals surface area contributed by atoms with E-state index in [0.717, 1.165) is 27.6 Å². The average Bonchev–Trinajstić information content (AvgIpc) is 2.45. The number of aryl methyl sites for hydroxylation is 1. The van der Waals surface area contributed by atoms with Crippen LogP contribution in [0.5, 0.6) is 0 Å². The van der Waals surface area contributed by atoms with Crippen molar-refractivity contribution in [1.29, 1.82) is 0 Å². The maximum absolute atomic E-state index is 6.21. The van der Waals surface area contributed by atoms with Gasteiger partial charge in [0.2, 0.25) is 0 Å². The molecule has 0 radical (unpaired) electrons. The lowest BCUT2D eigenvalue weighted by Gasteiger charge is -2.12. The number of aromatic nitrogens is 1. The number of pyridine rings is 1. The van der Waals surface area contributed by atoms with Crippen molar-refractivity contribution in [3.8, 4) is 11.1 Å². The van der Waals surface area contributed by atoms with Crippen LogP contribution in [-0.2, 0) is 0 Å². The molecule has 4 N–H and O–H groups in total. The van der Waals surface area contributed by atoms with E-state index < -0.39 is 0 Å². The molecule has 0 aliphatic carbocycles. The van der Waals surface area contributed by atoms with Gasteiger partial charge in [-0.2, -0.15) is 0 Å². The van der Waals surface area contributed by atoms with Crippen molar-refractivity contribution in [3.05, 3.63) is 54.2 Å². The highest BCUT2D eigenvalue weighted by atomic mass is 14.9. The van der Waals surface area contributed by atoms with Gasteiger partial charge in [-0.05, 0) is 18.1 Å². The van der Waals surface area contributed by atoms with E-state index in [1.54, 1.807) is 0 Å². The van der Waals surface area contributed by atoms with Crippen LogP contribution in [0.4, 0.5) is 11.5 Å². The molecule has 1 aromatic heterocycles. The fourth-order valence-electron chi connectivity index (χ4n) is 2.40. The molecule has 0 aliphatic heterocycles. The quantitative estimate of drug-likeness (QED) is 0.695. The summed E-state index contributed by atoms with van der Waals surface area (Å²) < 4.78 is 0. The number of rotatable bonds is 1. The lowest BCUT2D eigenvalue weighted by molar-refractivity contribution is 1.24. The van der Waals surface area contributed by atoms with Crippen LogP contribution in [0, 0.1) is 6.92 Å². The Morgan fingerprint density at radius 1 is 0.895 bits per heavy atom. The van der Waals surface area contributed by atoms with E-state index in [1.165, 1.54) is 0 Å². The Kier molecular flexibility index (Phi) is 2.60. The Bertz CT molecular complexity index is 749. The van der Waals surface area contributed by atoms with E-state index in [4.69, 9.17) is 11.5 Å². The van der Waals surface area contributed by atoms with E-state index in [-0.39, 0.29) is 0 Å². The van der Waals surface area contributed by atoms with Crippen LogP contribution in [0.3, 0.4) is 0 Å². The third kappa shape index (κ3) is 1.80. The smallest absolute Gasteiger partial charge is 0.131 e. The molecule has 1 heterocycles. The maximum Gasteiger partial charge on any atom is 0.131 e. The summed E-state index contributed by atoms with van der Waals surface area (Å²) in [5.41, 5.74) is 15.9. The molecule has 0 aliphatic rings. The van der Waals surface area contributed by atoms with Gasteiger partial charge in [0.05, 0.1) is 11.4 Å². The van der Waals surface area contributed by atoms with Crippen LogP contribution < -0.4 is 11.5 Å². The number of nitrogen functional groups attached to an aromatic ring is 2. The molecule has 0 amide bonds. The van der Waals surface area contributed by atoms with Crippen molar-refractivity contribution >= 4 is 22.3 Å². The first-order valence-corrected chi connectivity index (χ1v) is 6.18. The molecule has 0 fully saturated rings. The Morgan fingerprint density at radius 3 is 2.37 bits per heavy atom. The number of benzene rings is 2. The zero-order valence-corrected chi connectivity index (χ0v) is 10.7. The number of hydrogen-bond acceptors (Lipinski definition) is 3. The summed E-state index contributed by atoms with van der Waals surface area (Å²) in [6, 6.07) is 16.2. The Balaban J connectivity index is 2.44. The second-order valence-corrected chi connectivity index (χ2v) is 4.59. The number of nitrogens with two attached hydrogens (primary N) is 2. The van der Waals surface area contributed by atoms with Crippen LogP contribution >= 0.6 is 0 Å². The number of anilines is 2. The predicted octanol–water partition coefficient (Wildman–Crippen LogP) is 3.37. The minimum atomic E-state index is 0.527. The minimum Gasteiger partial charge on any atom is -0.397 e. The van der Waals surface area contributed by atoms with Gasteiger partial charge < -0.3 is 11.5 Å². The molecule has 0 saturated heterocycles. The normalized spacial score (nSPS) is 10.8. The molecule has 0 saturated carbocycles. The summed E-state index contributed by atoms with van der Waals surface area (Å²) >= 11 is 0. The first kappa shape index (κ1) is 11.5. The monoisotopic (exact) mass is 249 g/mol. The summed E-state index contributed by atoms with van der Waals surface area (Å²) in [4.78, 5) is 4.29. The molecular weight excluding hydrogens is 234 g/mol. The van der Waals surface area contributed by atoms with Crippen LogP contribution in [0.15, 0.2) is 48.5 Å². The molecule has 3 heteroatoms. The van der Waals surface area contributed by atoms with E-state index >= 15 is 0 Å². The highest BCUT2D eigenvalue weighted by molar-refractivity contribution is 6.08. The highest BCUT2D eigenvalue weighted by Gasteiger charge is 2.11. The molecule has 3 aromatic rings. The van der Waals surface area contributed by atoms with Crippen molar-refractivity contribution in [2.75, 3.05) is 11.5 Å². The summed E-state index contributed by atoms with van der Waals surface area (Å²) in [6.45, 7) is 1.88. The third-order valence-corrected chi connectivity index (χ3v) is 3.37. The second kappa shape index (κ2) is 4.28. The maximum atomic E-state index is 6.21. The molecule has 0 atom stereocenters. The van der Waals surface area contributed by atoms with Crippen LogP contribution in [0.2, 0.25) is 0 Å². The van der Waals surface area contributed by atoms with Crippen molar-refractivity contribution in [1.82, 2.24) is 4.98 Å². The number of hydrogen-bond donors (Lipinski definition) is 2. The average molecular weight is 249 g/mol. The van der Waals surface area contributed by atoms with Gasteiger partial charge >= 0.3 is 0 Å². The van der Waals surface area contributed by atoms with Gasteiger partial charge in [0.25, 0.3) is 0 Å². The topological polar surface area (TPSA) is 64.9 Å². The molecule has 3 rings (SSSR count). The molecular formula is C16H15N3. The molecule has 0 spiro atoms. The highest BCUT2D eigenvalue weighted by Crippen LogP contribution is 2.35. The summed E-state index contributed by atoms with van der Waals surface area (Å²) in [7, 11) is 0. The summed E-state index contributed by atoms with van der Waals surface area (Å²) in [5.74, 6) is 0.527. The third-order valence-electron chi connectivity index (χ3n) is 3.37. The van der Waals surface area contributed by atoms with Crippen LogP contribution in [0.1, 0.15) is 5.69 Å². The Labute approximate surface area is 111 Å². The van der Waals surface area contributed by atoms with E-state index in [9.17, 15) is 0 Å². The summed E-state index contributed by atoms with van der Waals surface area (Å²) in [5, 5.41) is 1.89. The lowest BCUT2D eigenvalue weighted by Crippen LogP contribution is -2.01. The van der Waals surface area contributed by atoms with Gasteiger partial charge in [0.15, 0.2) is 0 Å². The van der Waals surface area contributed by atoms with Gasteiger partial charge in [0.1, 0.15) is 5.82 Å². The van der Waals surface area contributed by atoms with Gasteiger partial charge in [-0.15, -0.1) is 0 Å². The van der Waals surface area contributed by atoms with Gasteiger partial charge in [-0.25, -0.2) is 4.98 Å². The van der Waals surface area contributed by atoms with Crippen molar-refractivity contribution in [3.63, 3.8) is 0 Å². The molecule has 94 valence electrons. The fraction of sp³-hybridized carbons (Fsp3) is 0.0625. The molecule has 2 aromatic carbocycles. The fourth-order valence-corrected chi connectivity index (χ4v) is 2.40. The summed E-state index contributed by atoms with van der Waals surface area (Å²) in [6.07, 6.45) is 0. The Hall–Kier alpha value is -2.55. The minimum absolute atomic E-state index is 0.527. The predicted molar refractivity (Wildman–Crippen MR) is 80.7 cm³/mol. The van der Waals surface area contributed by atoms with Crippen molar-refractivity contribution in [2.45, 2.75) is 6.92 Å². The SMILES string of the molecule is Cc1nc(N)c2cccc(-c3ccccc3)c2c1N. The Morgan fingerprint density at radius 2 is 1.63 bits per heavy atom. The molecule has 3 nitrogen and oxygen atoms in total. The molecule has 0 bridgehead atoms. The van der Waals surface area contributed by atoms with Crippen LogP contribution in [0.25, 0.3) is 21.9 Å². The number of fused-ring (bicyclic) bond motifs is 1. The first-order valence-electron chi connectivity index (χ1n) is 6.18. The van der Waals surface area contributed by atoms with E-state index in [1.807, 2.05) is 37.3 Å². The van der Waals surface area contributed by atoms with Gasteiger partial charge in [-0.3, -0.25) is 0 Å². The zero-order valence-electron chi connectivity index (χ0n) is 10.7. The van der Waals surface area contributed by atoms with Crippen molar-refractivity contribution in [2.24, 2.45) is 0 Å². The number of nitrogens with zero attached hydrogens (tertiary/aromatic N) is 1. The van der Waals surface area contributed by atoms with Crippen molar-refractivity contribution < 1.29 is 0 Å². The van der Waals surface area contributed by atoms with E-state index in [2.05, 4.69) is 23.2 Å². The molecule has 19 heavy (non-hydrogen) atoms. The van der Waals surface area contributed by atoms with E-state index in [0.29, 0.717) is 11.5 Å². The first-order chi connectivity index (χ1) is 9.18.